The van der Waals surface area contributed by atoms with E-state index in [9.17, 15) is 43.5 Å². The molecule has 6 nitrogen and oxygen atoms in total. The molecule has 28 heavy (non-hydrogen) atoms. The van der Waals surface area contributed by atoms with Gasteiger partial charge in [-0.2, -0.15) is 30.6 Å². The zero-order valence-corrected chi connectivity index (χ0v) is 15.1. The topological polar surface area (TPSA) is 65.1 Å². The van der Waals surface area contributed by atoms with Gasteiger partial charge in [-0.25, -0.2) is 21.9 Å². The summed E-state index contributed by atoms with van der Waals surface area (Å²) in [7, 11) is -6.40. The molecule has 15 heteroatoms. The summed E-state index contributed by atoms with van der Waals surface area (Å²) in [4.78, 5) is 0. The number of rotatable bonds is 8. The molecule has 0 aromatic carbocycles. The molecule has 0 N–H and O–H groups in total. The largest absolute Gasteiger partial charge is 0.449 e. The highest BCUT2D eigenvalue weighted by Crippen LogP contribution is 2.50. The van der Waals surface area contributed by atoms with Gasteiger partial charge in [-0.15, -0.1) is 0 Å². The van der Waals surface area contributed by atoms with Gasteiger partial charge >= 0.3 is 23.9 Å². The van der Waals surface area contributed by atoms with Gasteiger partial charge in [0.2, 0.25) is 0 Å². The first-order chi connectivity index (χ1) is 12.6. The van der Waals surface area contributed by atoms with E-state index in [4.69, 9.17) is 9.47 Å². The molecule has 0 bridgehead atoms. The van der Waals surface area contributed by atoms with Gasteiger partial charge in [0.25, 0.3) is 10.0 Å². The van der Waals surface area contributed by atoms with Crippen molar-refractivity contribution in [2.45, 2.75) is 68.5 Å². The molecule has 1 spiro atoms. The van der Waals surface area contributed by atoms with E-state index in [-0.39, 0.29) is 23.8 Å². The third-order valence-electron chi connectivity index (χ3n) is 4.33. The number of hydrogen-bond acceptors (Lipinski definition) is 5. The van der Waals surface area contributed by atoms with E-state index in [0.717, 1.165) is 0 Å². The van der Waals surface area contributed by atoms with E-state index in [1.165, 1.54) is 6.92 Å². The van der Waals surface area contributed by atoms with Crippen LogP contribution in [0.25, 0.3) is 0 Å². The molecule has 1 heterocycles. The predicted octanol–water partition coefficient (Wildman–Crippen LogP) is 3.34. The molecule has 2 rings (SSSR count). The van der Waals surface area contributed by atoms with Crippen molar-refractivity contribution < 1.29 is 57.8 Å². The lowest BCUT2D eigenvalue weighted by Crippen LogP contribution is -2.60. The molecule has 0 amide bonds. The van der Waals surface area contributed by atoms with Crippen LogP contribution in [0.15, 0.2) is 0 Å². The lowest BCUT2D eigenvalue weighted by molar-refractivity contribution is -0.435. The fraction of sp³-hybridized carbons (Fsp3) is 1.00. The smallest absolute Gasteiger partial charge is 0.351 e. The monoisotopic (exact) mass is 451 g/mol. The lowest BCUT2D eigenvalue weighted by Gasteiger charge is -2.36. The summed E-state index contributed by atoms with van der Waals surface area (Å²) in [6.07, 6.45) is -18.4. The van der Waals surface area contributed by atoms with Crippen molar-refractivity contribution in [3.05, 3.63) is 0 Å². The Kier molecular flexibility index (Phi) is 6.28. The Hall–Kier alpha value is -0.770. The Labute approximate surface area is 154 Å². The first kappa shape index (κ1) is 23.5. The lowest BCUT2D eigenvalue weighted by atomic mass is 10.2. The summed E-state index contributed by atoms with van der Waals surface area (Å²) >= 11 is 0. The highest BCUT2D eigenvalue weighted by atomic mass is 32.2. The molecule has 0 aromatic rings. The van der Waals surface area contributed by atoms with Crippen LogP contribution in [-0.4, -0.2) is 61.8 Å². The van der Waals surface area contributed by atoms with Gasteiger partial charge in [-0.3, -0.25) is 0 Å². The highest BCUT2D eigenvalue weighted by Gasteiger charge is 2.75. The minimum absolute atomic E-state index is 0.0229. The summed E-state index contributed by atoms with van der Waals surface area (Å²) in [5.74, 6) is 0. The van der Waals surface area contributed by atoms with Gasteiger partial charge < -0.3 is 9.47 Å². The van der Waals surface area contributed by atoms with Crippen LogP contribution >= 0.6 is 0 Å². The molecular weight excluding hydrogens is 434 g/mol. The first-order valence-corrected chi connectivity index (χ1v) is 9.50. The molecule has 1 aliphatic heterocycles. The quantitative estimate of drug-likeness (QED) is 0.530. The van der Waals surface area contributed by atoms with Crippen LogP contribution in [0.2, 0.25) is 0 Å². The van der Waals surface area contributed by atoms with Crippen molar-refractivity contribution in [1.29, 1.82) is 0 Å². The summed E-state index contributed by atoms with van der Waals surface area (Å²) in [5, 5.41) is -6.29. The van der Waals surface area contributed by atoms with Crippen molar-refractivity contribution >= 4 is 10.0 Å². The second-order valence-corrected chi connectivity index (χ2v) is 8.09. The number of alkyl halides is 8. The van der Waals surface area contributed by atoms with Gasteiger partial charge in [0.1, 0.15) is 5.72 Å². The van der Waals surface area contributed by atoms with E-state index in [2.05, 4.69) is 4.74 Å². The van der Waals surface area contributed by atoms with Crippen LogP contribution in [0.1, 0.15) is 32.6 Å². The maximum absolute atomic E-state index is 14.2. The average Bonchev–Trinajstić information content (AvgIpc) is 3.14. The number of halogens is 8. The molecule has 166 valence electrons. The SMILES string of the molecule is CCOC1CN(S(=O)(=O)C(F)(F)C(F)(F)OC(F)(F)C(F)F)C2(CCCC2)O1. The standard InChI is InChI=1S/C13H17F8NO5S/c1-2-25-8-7-22(10(26-8)5-3-4-6-10)28(23,24)13(20,21)12(18,19)27-11(16,17)9(14)15/h8-9H,2-7H2,1H3. The Morgan fingerprint density at radius 3 is 2.14 bits per heavy atom. The average molecular weight is 451 g/mol. The zero-order valence-electron chi connectivity index (χ0n) is 14.3. The maximum Gasteiger partial charge on any atom is 0.449 e. The summed E-state index contributed by atoms with van der Waals surface area (Å²) in [5.41, 5.74) is -1.93. The Balaban J connectivity index is 2.39. The molecule has 1 saturated carbocycles. The molecule has 0 aromatic heterocycles. The number of nitrogens with zero attached hydrogens (tertiary/aromatic N) is 1. The molecule has 1 unspecified atom stereocenters. The van der Waals surface area contributed by atoms with E-state index < -0.39 is 52.5 Å². The summed E-state index contributed by atoms with van der Waals surface area (Å²) in [6, 6.07) is 0. The van der Waals surface area contributed by atoms with Crippen molar-refractivity contribution in [3.63, 3.8) is 0 Å². The van der Waals surface area contributed by atoms with Crippen molar-refractivity contribution in [1.82, 2.24) is 4.31 Å². The minimum Gasteiger partial charge on any atom is -0.351 e. The first-order valence-electron chi connectivity index (χ1n) is 8.06. The minimum atomic E-state index is -6.46. The van der Waals surface area contributed by atoms with Crippen LogP contribution in [-0.2, 0) is 24.2 Å². The van der Waals surface area contributed by atoms with Crippen molar-refractivity contribution in [2.75, 3.05) is 13.2 Å². The third kappa shape index (κ3) is 3.82. The molecular formula is C13H17F8NO5S. The van der Waals surface area contributed by atoms with Crippen LogP contribution < -0.4 is 0 Å². The Morgan fingerprint density at radius 1 is 1.14 bits per heavy atom. The Morgan fingerprint density at radius 2 is 1.68 bits per heavy atom. The fourth-order valence-electron chi connectivity index (χ4n) is 3.09. The van der Waals surface area contributed by atoms with Crippen molar-refractivity contribution in [2.24, 2.45) is 0 Å². The van der Waals surface area contributed by atoms with E-state index in [1.807, 2.05) is 0 Å². The van der Waals surface area contributed by atoms with Gasteiger partial charge in [0.15, 0.2) is 6.29 Å². The number of hydrogen-bond donors (Lipinski definition) is 0. The van der Waals surface area contributed by atoms with Crippen LogP contribution in [0, 0.1) is 0 Å². The number of sulfonamides is 1. The van der Waals surface area contributed by atoms with E-state index in [0.29, 0.717) is 12.8 Å². The van der Waals surface area contributed by atoms with Crippen LogP contribution in [0.4, 0.5) is 35.1 Å². The third-order valence-corrected chi connectivity index (χ3v) is 6.28. The van der Waals surface area contributed by atoms with Crippen LogP contribution in [0.3, 0.4) is 0 Å². The predicted molar refractivity (Wildman–Crippen MR) is 75.3 cm³/mol. The van der Waals surface area contributed by atoms with Crippen LogP contribution in [0.5, 0.6) is 0 Å². The maximum atomic E-state index is 14.2. The van der Waals surface area contributed by atoms with E-state index >= 15 is 0 Å². The zero-order chi connectivity index (χ0) is 21.6. The highest BCUT2D eigenvalue weighted by molar-refractivity contribution is 7.90. The fourth-order valence-corrected chi connectivity index (χ4v) is 4.69. The van der Waals surface area contributed by atoms with Gasteiger partial charge in [0, 0.05) is 6.61 Å². The Bertz CT molecular complexity index is 668. The van der Waals surface area contributed by atoms with E-state index in [1.54, 1.807) is 0 Å². The molecule has 2 aliphatic rings. The molecule has 1 aliphatic carbocycles. The molecule has 0 radical (unpaired) electrons. The second-order valence-electron chi connectivity index (χ2n) is 6.19. The van der Waals surface area contributed by atoms with Gasteiger partial charge in [-0.05, 0) is 32.6 Å². The second kappa shape index (κ2) is 7.49. The number of ether oxygens (including phenoxy) is 3. The molecule has 1 saturated heterocycles. The summed E-state index contributed by atoms with van der Waals surface area (Å²) in [6.45, 7) is 0.544. The van der Waals surface area contributed by atoms with Gasteiger partial charge in [0.05, 0.1) is 6.54 Å². The summed E-state index contributed by atoms with van der Waals surface area (Å²) < 4.78 is 143. The normalized spacial score (nSPS) is 24.6. The van der Waals surface area contributed by atoms with Gasteiger partial charge in [-0.1, -0.05) is 0 Å². The molecule has 2 fully saturated rings. The van der Waals surface area contributed by atoms with Crippen molar-refractivity contribution in [3.8, 4) is 0 Å². The molecule has 1 atom stereocenters.